The van der Waals surface area contributed by atoms with Crippen molar-refractivity contribution in [1.29, 1.82) is 0 Å². The first kappa shape index (κ1) is 15.4. The van der Waals surface area contributed by atoms with Crippen molar-refractivity contribution in [2.24, 2.45) is 0 Å². The van der Waals surface area contributed by atoms with Crippen molar-refractivity contribution in [2.45, 2.75) is 18.2 Å². The number of nitrogen functional groups attached to an aromatic ring is 1. The average molecular weight is 305 g/mol. The molecule has 0 aromatic heterocycles. The maximum atomic E-state index is 12.2. The van der Waals surface area contributed by atoms with Crippen molar-refractivity contribution < 1.29 is 13.2 Å². The van der Waals surface area contributed by atoms with Gasteiger partial charge in [0.2, 0.25) is 0 Å². The minimum atomic E-state index is -3.26. The Bertz CT molecular complexity index is 711. The van der Waals surface area contributed by atoms with E-state index < -0.39 is 9.84 Å². The number of benzene rings is 2. The second kappa shape index (κ2) is 6.63. The van der Waals surface area contributed by atoms with Crippen LogP contribution in [0, 0.1) is 6.92 Å². The van der Waals surface area contributed by atoms with Gasteiger partial charge in [-0.15, -0.1) is 0 Å². The van der Waals surface area contributed by atoms with E-state index in [1.165, 1.54) is 0 Å². The fourth-order valence-corrected chi connectivity index (χ4v) is 3.35. The van der Waals surface area contributed by atoms with Crippen LogP contribution in [0.25, 0.3) is 0 Å². The quantitative estimate of drug-likeness (QED) is 0.658. The third kappa shape index (κ3) is 4.23. The van der Waals surface area contributed by atoms with Crippen molar-refractivity contribution in [1.82, 2.24) is 0 Å². The molecule has 2 aromatic rings. The zero-order valence-electron chi connectivity index (χ0n) is 12.0. The molecule has 0 atom stereocenters. The monoisotopic (exact) mass is 305 g/mol. The number of nitrogens with two attached hydrogens (primary N) is 1. The SMILES string of the molecule is Cc1cccc(S(=O)(=O)CCCOc2ccccc2N)c1. The summed E-state index contributed by atoms with van der Waals surface area (Å²) >= 11 is 0. The van der Waals surface area contributed by atoms with Crippen LogP contribution in [0.4, 0.5) is 5.69 Å². The molecule has 0 spiro atoms. The molecule has 0 aliphatic heterocycles. The molecule has 2 N–H and O–H groups in total. The normalized spacial score (nSPS) is 11.3. The third-order valence-corrected chi connectivity index (χ3v) is 4.88. The molecule has 0 bridgehead atoms. The molecule has 2 rings (SSSR count). The van der Waals surface area contributed by atoms with Crippen LogP contribution in [0.2, 0.25) is 0 Å². The smallest absolute Gasteiger partial charge is 0.178 e. The molecular weight excluding hydrogens is 286 g/mol. The summed E-state index contributed by atoms with van der Waals surface area (Å²) in [7, 11) is -3.26. The molecule has 0 aliphatic carbocycles. The summed E-state index contributed by atoms with van der Waals surface area (Å²) in [5.41, 5.74) is 7.24. The van der Waals surface area contributed by atoms with Gasteiger partial charge in [0.05, 0.1) is 22.9 Å². The lowest BCUT2D eigenvalue weighted by Gasteiger charge is -2.09. The lowest BCUT2D eigenvalue weighted by Crippen LogP contribution is -2.11. The van der Waals surface area contributed by atoms with Crippen molar-refractivity contribution in [2.75, 3.05) is 18.1 Å². The molecule has 0 radical (unpaired) electrons. The van der Waals surface area contributed by atoms with Gasteiger partial charge in [-0.3, -0.25) is 0 Å². The Kier molecular flexibility index (Phi) is 4.85. The molecule has 0 saturated carbocycles. The molecule has 0 heterocycles. The number of hydrogen-bond donors (Lipinski definition) is 1. The number of sulfone groups is 1. The van der Waals surface area contributed by atoms with E-state index in [0.29, 0.717) is 29.4 Å². The fourth-order valence-electron chi connectivity index (χ4n) is 1.97. The minimum Gasteiger partial charge on any atom is -0.491 e. The van der Waals surface area contributed by atoms with Crippen LogP contribution < -0.4 is 10.5 Å². The third-order valence-electron chi connectivity index (χ3n) is 3.08. The van der Waals surface area contributed by atoms with Crippen LogP contribution in [-0.2, 0) is 9.84 Å². The number of para-hydroxylation sites is 2. The van der Waals surface area contributed by atoms with E-state index in [4.69, 9.17) is 10.5 Å². The fraction of sp³-hybridized carbons (Fsp3) is 0.250. The second-order valence-corrected chi connectivity index (χ2v) is 6.98. The topological polar surface area (TPSA) is 69.4 Å². The van der Waals surface area contributed by atoms with Gasteiger partial charge in [-0.1, -0.05) is 24.3 Å². The van der Waals surface area contributed by atoms with Crippen LogP contribution in [-0.4, -0.2) is 20.8 Å². The predicted molar refractivity (Wildman–Crippen MR) is 84.2 cm³/mol. The van der Waals surface area contributed by atoms with Gasteiger partial charge < -0.3 is 10.5 Å². The van der Waals surface area contributed by atoms with Gasteiger partial charge in [-0.25, -0.2) is 8.42 Å². The van der Waals surface area contributed by atoms with Gasteiger partial charge in [-0.2, -0.15) is 0 Å². The Balaban J connectivity index is 1.90. The lowest BCUT2D eigenvalue weighted by atomic mass is 10.2. The van der Waals surface area contributed by atoms with E-state index in [0.717, 1.165) is 5.56 Å². The number of anilines is 1. The molecule has 0 fully saturated rings. The van der Waals surface area contributed by atoms with Crippen LogP contribution in [0.5, 0.6) is 5.75 Å². The summed E-state index contributed by atoms with van der Waals surface area (Å²) < 4.78 is 29.9. The molecule has 0 amide bonds. The van der Waals surface area contributed by atoms with Crippen LogP contribution in [0.3, 0.4) is 0 Å². The molecule has 4 nitrogen and oxygen atoms in total. The maximum absolute atomic E-state index is 12.2. The van der Waals surface area contributed by atoms with E-state index >= 15 is 0 Å². The molecule has 0 unspecified atom stereocenters. The first-order valence-corrected chi connectivity index (χ1v) is 8.41. The first-order chi connectivity index (χ1) is 9.99. The van der Waals surface area contributed by atoms with E-state index in [2.05, 4.69) is 0 Å². The number of aryl methyl sites for hydroxylation is 1. The molecule has 2 aromatic carbocycles. The highest BCUT2D eigenvalue weighted by Gasteiger charge is 2.14. The van der Waals surface area contributed by atoms with Gasteiger partial charge in [-0.05, 0) is 43.2 Å². The van der Waals surface area contributed by atoms with E-state index in [1.807, 2.05) is 25.1 Å². The minimum absolute atomic E-state index is 0.0587. The van der Waals surface area contributed by atoms with Crippen LogP contribution in [0.1, 0.15) is 12.0 Å². The molecule has 21 heavy (non-hydrogen) atoms. The van der Waals surface area contributed by atoms with Gasteiger partial charge >= 0.3 is 0 Å². The van der Waals surface area contributed by atoms with Crippen molar-refractivity contribution >= 4 is 15.5 Å². The standard InChI is InChI=1S/C16H19NO3S/c1-13-6-4-7-14(12-13)21(18,19)11-5-10-20-16-9-3-2-8-15(16)17/h2-4,6-9,12H,5,10-11,17H2,1H3. The van der Waals surface area contributed by atoms with Crippen molar-refractivity contribution in [3.63, 3.8) is 0 Å². The number of hydrogen-bond acceptors (Lipinski definition) is 4. The average Bonchev–Trinajstić information content (AvgIpc) is 2.45. The second-order valence-electron chi connectivity index (χ2n) is 4.88. The maximum Gasteiger partial charge on any atom is 0.178 e. The summed E-state index contributed by atoms with van der Waals surface area (Å²) in [6, 6.07) is 14.1. The first-order valence-electron chi connectivity index (χ1n) is 6.76. The predicted octanol–water partition coefficient (Wildman–Crippen LogP) is 2.82. The highest BCUT2D eigenvalue weighted by Crippen LogP contribution is 2.20. The zero-order chi connectivity index (χ0) is 15.3. The molecule has 0 saturated heterocycles. The molecule has 112 valence electrons. The Morgan fingerprint density at radius 1 is 1.10 bits per heavy atom. The Morgan fingerprint density at radius 2 is 1.86 bits per heavy atom. The molecule has 5 heteroatoms. The van der Waals surface area contributed by atoms with Crippen molar-refractivity contribution in [3.05, 3.63) is 54.1 Å². The highest BCUT2D eigenvalue weighted by atomic mass is 32.2. The van der Waals surface area contributed by atoms with Gasteiger partial charge in [0.15, 0.2) is 9.84 Å². The number of ether oxygens (including phenoxy) is 1. The summed E-state index contributed by atoms with van der Waals surface area (Å²) in [6.07, 6.45) is 0.421. The van der Waals surface area contributed by atoms with Crippen LogP contribution in [0.15, 0.2) is 53.4 Å². The highest BCUT2D eigenvalue weighted by molar-refractivity contribution is 7.91. The van der Waals surface area contributed by atoms with E-state index in [1.54, 1.807) is 30.3 Å². The largest absolute Gasteiger partial charge is 0.491 e. The van der Waals surface area contributed by atoms with Crippen molar-refractivity contribution in [3.8, 4) is 5.75 Å². The lowest BCUT2D eigenvalue weighted by molar-refractivity contribution is 0.319. The Labute approximate surface area is 125 Å². The zero-order valence-corrected chi connectivity index (χ0v) is 12.8. The van der Waals surface area contributed by atoms with Gasteiger partial charge in [0.1, 0.15) is 5.75 Å². The van der Waals surface area contributed by atoms with Gasteiger partial charge in [0, 0.05) is 0 Å². The summed E-state index contributed by atoms with van der Waals surface area (Å²) in [5.74, 6) is 0.647. The van der Waals surface area contributed by atoms with Crippen LogP contribution >= 0.6 is 0 Å². The summed E-state index contributed by atoms with van der Waals surface area (Å²) in [6.45, 7) is 2.19. The number of rotatable bonds is 6. The summed E-state index contributed by atoms with van der Waals surface area (Å²) in [5, 5.41) is 0. The van der Waals surface area contributed by atoms with Gasteiger partial charge in [0.25, 0.3) is 0 Å². The molecule has 0 aliphatic rings. The summed E-state index contributed by atoms with van der Waals surface area (Å²) in [4.78, 5) is 0.363. The Hall–Kier alpha value is -2.01. The van der Waals surface area contributed by atoms with E-state index in [-0.39, 0.29) is 5.75 Å². The Morgan fingerprint density at radius 3 is 2.57 bits per heavy atom. The molecular formula is C16H19NO3S. The van der Waals surface area contributed by atoms with E-state index in [9.17, 15) is 8.42 Å².